The van der Waals surface area contributed by atoms with Crippen molar-refractivity contribution in [1.82, 2.24) is 0 Å². The molecule has 0 aliphatic rings. The number of carbonyl (C=O) groups excluding carboxylic acids is 1. The Morgan fingerprint density at radius 1 is 1.10 bits per heavy atom. The van der Waals surface area contributed by atoms with E-state index in [2.05, 4.69) is 33.9 Å². The highest BCUT2D eigenvalue weighted by Crippen LogP contribution is 2.37. The van der Waals surface area contributed by atoms with Crippen LogP contribution < -0.4 is 5.38 Å². The lowest BCUT2D eigenvalue weighted by Gasteiger charge is -2.34. The molecule has 2 aromatic rings. The van der Waals surface area contributed by atoms with Crippen molar-refractivity contribution in [3.8, 4) is 11.3 Å². The second-order valence-electron chi connectivity index (χ2n) is 6.75. The first kappa shape index (κ1) is 14.8. The van der Waals surface area contributed by atoms with Gasteiger partial charge in [0.15, 0.2) is 6.29 Å². The Hall–Kier alpha value is -1.61. The molecule has 3 heteroatoms. The minimum atomic E-state index is -1.77. The summed E-state index contributed by atoms with van der Waals surface area (Å²) in [7, 11) is -1.77. The van der Waals surface area contributed by atoms with Crippen molar-refractivity contribution >= 4 is 19.7 Å². The molecule has 0 saturated carbocycles. The fourth-order valence-corrected chi connectivity index (χ4v) is 3.60. The summed E-state index contributed by atoms with van der Waals surface area (Å²) in [5.74, 6) is 0.695. The third kappa shape index (κ3) is 2.50. The van der Waals surface area contributed by atoms with Gasteiger partial charge in [-0.2, -0.15) is 0 Å². The normalized spacial score (nSPS) is 12.4. The molecule has 20 heavy (non-hydrogen) atoms. The summed E-state index contributed by atoms with van der Waals surface area (Å²) in [6.07, 6.45) is 0.891. The van der Waals surface area contributed by atoms with Crippen LogP contribution in [0, 0.1) is 0 Å². The zero-order valence-electron chi connectivity index (χ0n) is 12.9. The molecule has 2 rings (SSSR count). The van der Waals surface area contributed by atoms with Crippen LogP contribution in [-0.2, 0) is 0 Å². The zero-order chi connectivity index (χ0) is 15.0. The highest BCUT2D eigenvalue weighted by molar-refractivity contribution is 6.91. The molecule has 0 saturated heterocycles. The van der Waals surface area contributed by atoms with Crippen LogP contribution in [0.25, 0.3) is 11.3 Å². The first-order chi connectivity index (χ1) is 9.27. The lowest BCUT2D eigenvalue weighted by molar-refractivity contribution is 0.112. The Bertz CT molecular complexity index is 604. The van der Waals surface area contributed by atoms with Gasteiger partial charge in [-0.3, -0.25) is 4.79 Å². The standard InChI is InChI=1S/C17H22O2Si/c1-17(2,3)20(4,5)15-11-14(12-18)16(19-15)13-9-7-6-8-10-13/h6-12H,1-5H3. The Morgan fingerprint density at radius 3 is 2.20 bits per heavy atom. The van der Waals surface area contributed by atoms with Crippen LogP contribution in [0.3, 0.4) is 0 Å². The second-order valence-corrected chi connectivity index (χ2v) is 12.0. The third-order valence-corrected chi connectivity index (χ3v) is 9.64. The van der Waals surface area contributed by atoms with Gasteiger partial charge in [-0.25, -0.2) is 0 Å². The molecule has 0 aliphatic heterocycles. The van der Waals surface area contributed by atoms with E-state index in [1.807, 2.05) is 36.4 Å². The summed E-state index contributed by atoms with van der Waals surface area (Å²) in [6.45, 7) is 11.3. The molecule has 0 unspecified atom stereocenters. The molecule has 0 spiro atoms. The van der Waals surface area contributed by atoms with E-state index in [4.69, 9.17) is 4.42 Å². The van der Waals surface area contributed by atoms with E-state index in [9.17, 15) is 4.79 Å². The summed E-state index contributed by atoms with van der Waals surface area (Å²) < 4.78 is 6.11. The average Bonchev–Trinajstić information content (AvgIpc) is 2.83. The topological polar surface area (TPSA) is 30.2 Å². The van der Waals surface area contributed by atoms with Crippen LogP contribution in [0.4, 0.5) is 0 Å². The summed E-state index contributed by atoms with van der Waals surface area (Å²) in [5.41, 5.74) is 1.61. The smallest absolute Gasteiger partial charge is 0.153 e. The Morgan fingerprint density at radius 2 is 1.70 bits per heavy atom. The van der Waals surface area contributed by atoms with Gasteiger partial charge < -0.3 is 4.42 Å². The zero-order valence-corrected chi connectivity index (χ0v) is 13.9. The van der Waals surface area contributed by atoms with Crippen molar-refractivity contribution in [2.45, 2.75) is 38.9 Å². The average molecular weight is 286 g/mol. The van der Waals surface area contributed by atoms with Gasteiger partial charge in [0, 0.05) is 5.56 Å². The van der Waals surface area contributed by atoms with Gasteiger partial charge in [0.1, 0.15) is 13.8 Å². The maximum Gasteiger partial charge on any atom is 0.153 e. The number of benzene rings is 1. The van der Waals surface area contributed by atoms with E-state index >= 15 is 0 Å². The molecule has 1 aromatic carbocycles. The summed E-state index contributed by atoms with van der Waals surface area (Å²) in [4.78, 5) is 11.3. The molecule has 0 N–H and O–H groups in total. The van der Waals surface area contributed by atoms with Crippen molar-refractivity contribution in [2.75, 3.05) is 0 Å². The lowest BCUT2D eigenvalue weighted by Crippen LogP contribution is -2.48. The van der Waals surface area contributed by atoms with Crippen molar-refractivity contribution < 1.29 is 9.21 Å². The van der Waals surface area contributed by atoms with Crippen LogP contribution in [0.5, 0.6) is 0 Å². The first-order valence-electron chi connectivity index (χ1n) is 6.92. The first-order valence-corrected chi connectivity index (χ1v) is 9.92. The molecular formula is C17H22O2Si. The predicted octanol–water partition coefficient (Wildman–Crippen LogP) is 4.47. The van der Waals surface area contributed by atoms with Crippen LogP contribution in [0.1, 0.15) is 31.1 Å². The summed E-state index contributed by atoms with van der Waals surface area (Å²) in [6, 6.07) is 11.8. The molecule has 0 atom stereocenters. The van der Waals surface area contributed by atoms with Gasteiger partial charge in [-0.15, -0.1) is 0 Å². The van der Waals surface area contributed by atoms with E-state index < -0.39 is 8.07 Å². The number of furan rings is 1. The van der Waals surface area contributed by atoms with Crippen molar-refractivity contribution in [2.24, 2.45) is 0 Å². The number of hydrogen-bond acceptors (Lipinski definition) is 2. The van der Waals surface area contributed by atoms with Crippen molar-refractivity contribution in [1.29, 1.82) is 0 Å². The van der Waals surface area contributed by atoms with Crippen molar-refractivity contribution in [3.63, 3.8) is 0 Å². The molecule has 0 aliphatic carbocycles. The Kier molecular flexibility index (Phi) is 3.74. The summed E-state index contributed by atoms with van der Waals surface area (Å²) >= 11 is 0. The van der Waals surface area contributed by atoms with Gasteiger partial charge >= 0.3 is 0 Å². The quantitative estimate of drug-likeness (QED) is 0.615. The van der Waals surface area contributed by atoms with Crippen molar-refractivity contribution in [3.05, 3.63) is 42.0 Å². The molecule has 1 aromatic heterocycles. The molecule has 2 nitrogen and oxygen atoms in total. The Labute approximate surface area is 121 Å². The highest BCUT2D eigenvalue weighted by atomic mass is 28.3. The lowest BCUT2D eigenvalue weighted by atomic mass is 10.1. The molecular weight excluding hydrogens is 264 g/mol. The minimum Gasteiger partial charge on any atom is -0.465 e. The van der Waals surface area contributed by atoms with Crippen LogP contribution in [-0.4, -0.2) is 14.4 Å². The fourth-order valence-electron chi connectivity index (χ4n) is 1.99. The molecule has 0 fully saturated rings. The van der Waals surface area contributed by atoms with Gasteiger partial charge in [-0.1, -0.05) is 64.2 Å². The number of rotatable bonds is 3. The van der Waals surface area contributed by atoms with Crippen LogP contribution in [0.15, 0.2) is 40.8 Å². The Balaban J connectivity index is 2.56. The molecule has 1 heterocycles. The maximum absolute atomic E-state index is 11.3. The monoisotopic (exact) mass is 286 g/mol. The highest BCUT2D eigenvalue weighted by Gasteiger charge is 2.40. The molecule has 106 valence electrons. The fraction of sp³-hybridized carbons (Fsp3) is 0.353. The van der Waals surface area contributed by atoms with Gasteiger partial charge in [0.05, 0.1) is 10.9 Å². The van der Waals surface area contributed by atoms with E-state index in [0.29, 0.717) is 11.3 Å². The van der Waals surface area contributed by atoms with Gasteiger partial charge in [-0.05, 0) is 11.1 Å². The number of aldehydes is 1. The molecule has 0 amide bonds. The predicted molar refractivity (Wildman–Crippen MR) is 86.4 cm³/mol. The molecule has 0 radical (unpaired) electrons. The number of hydrogen-bond donors (Lipinski definition) is 0. The van der Waals surface area contributed by atoms with Crippen LogP contribution >= 0.6 is 0 Å². The minimum absolute atomic E-state index is 0.180. The summed E-state index contributed by atoms with van der Waals surface area (Å²) in [5, 5.41) is 1.17. The van der Waals surface area contributed by atoms with Gasteiger partial charge in [0.2, 0.25) is 0 Å². The maximum atomic E-state index is 11.3. The van der Waals surface area contributed by atoms with Gasteiger partial charge in [0.25, 0.3) is 0 Å². The SMILES string of the molecule is CC(C)(C)[Si](C)(C)c1cc(C=O)c(-c2ccccc2)o1. The van der Waals surface area contributed by atoms with E-state index in [1.54, 1.807) is 0 Å². The van der Waals surface area contributed by atoms with E-state index in [0.717, 1.165) is 17.2 Å². The van der Waals surface area contributed by atoms with E-state index in [1.165, 1.54) is 0 Å². The third-order valence-electron chi connectivity index (χ3n) is 4.41. The second kappa shape index (κ2) is 5.06. The van der Waals surface area contributed by atoms with Crippen LogP contribution in [0.2, 0.25) is 18.1 Å². The van der Waals surface area contributed by atoms with E-state index in [-0.39, 0.29) is 5.04 Å². The number of carbonyl (C=O) groups is 1. The molecule has 0 bridgehead atoms. The largest absolute Gasteiger partial charge is 0.465 e.